The van der Waals surface area contributed by atoms with Crippen molar-refractivity contribution in [1.29, 1.82) is 0 Å². The average Bonchev–Trinajstić information content (AvgIpc) is 2.39. The van der Waals surface area contributed by atoms with Crippen molar-refractivity contribution in [1.82, 2.24) is 5.43 Å². The first-order valence-electron chi connectivity index (χ1n) is 5.80. The van der Waals surface area contributed by atoms with E-state index in [-0.39, 0.29) is 11.9 Å². The Morgan fingerprint density at radius 3 is 2.35 bits per heavy atom. The van der Waals surface area contributed by atoms with E-state index in [9.17, 15) is 4.39 Å². The van der Waals surface area contributed by atoms with Crippen LogP contribution in [0.25, 0.3) is 0 Å². The number of methoxy groups -OCH3 is 1. The Kier molecular flexibility index (Phi) is 5.15. The van der Waals surface area contributed by atoms with E-state index in [1.165, 1.54) is 12.1 Å². The van der Waals surface area contributed by atoms with Crippen LogP contribution in [0.15, 0.2) is 45.3 Å². The van der Waals surface area contributed by atoms with E-state index in [0.29, 0.717) is 11.3 Å². The maximum atomic E-state index is 13.5. The fraction of sp³-hybridized carbons (Fsp3) is 0.143. The van der Waals surface area contributed by atoms with Crippen molar-refractivity contribution in [2.24, 2.45) is 5.84 Å². The molecule has 1 atom stereocenters. The van der Waals surface area contributed by atoms with Crippen LogP contribution in [0.1, 0.15) is 17.2 Å². The molecule has 0 bridgehead atoms. The van der Waals surface area contributed by atoms with Crippen LogP contribution in [-0.2, 0) is 0 Å². The van der Waals surface area contributed by atoms with Crippen molar-refractivity contribution in [2.75, 3.05) is 7.11 Å². The molecule has 3 nitrogen and oxygen atoms in total. The highest BCUT2D eigenvalue weighted by Crippen LogP contribution is 2.33. The topological polar surface area (TPSA) is 47.3 Å². The zero-order valence-electron chi connectivity index (χ0n) is 10.7. The van der Waals surface area contributed by atoms with E-state index in [4.69, 9.17) is 10.6 Å². The van der Waals surface area contributed by atoms with Crippen molar-refractivity contribution >= 4 is 31.9 Å². The molecule has 20 heavy (non-hydrogen) atoms. The summed E-state index contributed by atoms with van der Waals surface area (Å²) in [6, 6.07) is 9.72. The summed E-state index contributed by atoms with van der Waals surface area (Å²) >= 11 is 6.86. The van der Waals surface area contributed by atoms with Crippen LogP contribution in [0.5, 0.6) is 5.75 Å². The fourth-order valence-corrected chi connectivity index (χ4v) is 3.37. The van der Waals surface area contributed by atoms with Gasteiger partial charge in [-0.2, -0.15) is 0 Å². The molecule has 0 amide bonds. The number of nitrogens with one attached hydrogen (secondary N) is 1. The molecule has 0 heterocycles. The average molecular weight is 404 g/mol. The van der Waals surface area contributed by atoms with Crippen molar-refractivity contribution in [3.05, 3.63) is 62.3 Å². The predicted octanol–water partition coefficient (Wildman–Crippen LogP) is 3.91. The van der Waals surface area contributed by atoms with Crippen molar-refractivity contribution < 1.29 is 9.13 Å². The molecule has 2 aromatic rings. The molecule has 2 rings (SSSR count). The van der Waals surface area contributed by atoms with Gasteiger partial charge in [-0.3, -0.25) is 5.84 Å². The second-order valence-electron chi connectivity index (χ2n) is 4.19. The molecule has 0 aliphatic rings. The number of benzene rings is 2. The number of hydrogen-bond acceptors (Lipinski definition) is 3. The van der Waals surface area contributed by atoms with Crippen LogP contribution in [0, 0.1) is 5.82 Å². The normalized spacial score (nSPS) is 12.2. The second kappa shape index (κ2) is 6.67. The third-order valence-electron chi connectivity index (χ3n) is 2.89. The van der Waals surface area contributed by atoms with Crippen LogP contribution in [-0.4, -0.2) is 7.11 Å². The third kappa shape index (κ3) is 3.38. The van der Waals surface area contributed by atoms with Gasteiger partial charge in [0.15, 0.2) is 0 Å². The van der Waals surface area contributed by atoms with Gasteiger partial charge in [-0.25, -0.2) is 9.82 Å². The molecular weight excluding hydrogens is 391 g/mol. The van der Waals surface area contributed by atoms with Crippen molar-refractivity contribution in [3.63, 3.8) is 0 Å². The minimum Gasteiger partial charge on any atom is -0.496 e. The minimum atomic E-state index is -0.380. The van der Waals surface area contributed by atoms with Crippen LogP contribution < -0.4 is 16.0 Å². The number of rotatable bonds is 4. The molecule has 3 N–H and O–H groups in total. The molecule has 1 unspecified atom stereocenters. The molecule has 0 saturated carbocycles. The largest absolute Gasteiger partial charge is 0.496 e. The monoisotopic (exact) mass is 402 g/mol. The third-order valence-corrected chi connectivity index (χ3v) is 3.80. The summed E-state index contributed by atoms with van der Waals surface area (Å²) in [4.78, 5) is 0. The minimum absolute atomic E-state index is 0.338. The molecule has 0 aromatic heterocycles. The van der Waals surface area contributed by atoms with Gasteiger partial charge in [0.05, 0.1) is 13.2 Å². The van der Waals surface area contributed by atoms with Gasteiger partial charge in [0.1, 0.15) is 11.6 Å². The molecule has 6 heteroatoms. The molecule has 0 aliphatic carbocycles. The summed E-state index contributed by atoms with van der Waals surface area (Å²) in [5.74, 6) is 5.89. The van der Waals surface area contributed by atoms with Crippen LogP contribution >= 0.6 is 31.9 Å². The first kappa shape index (κ1) is 15.4. The fourth-order valence-electron chi connectivity index (χ4n) is 2.04. The van der Waals surface area contributed by atoms with Crippen molar-refractivity contribution in [3.8, 4) is 5.75 Å². The quantitative estimate of drug-likeness (QED) is 0.600. The Labute approximate surface area is 133 Å². The summed E-state index contributed by atoms with van der Waals surface area (Å²) in [6.45, 7) is 0. The van der Waals surface area contributed by atoms with Crippen molar-refractivity contribution in [2.45, 2.75) is 6.04 Å². The van der Waals surface area contributed by atoms with E-state index in [0.717, 1.165) is 14.5 Å². The zero-order valence-corrected chi connectivity index (χ0v) is 13.8. The van der Waals surface area contributed by atoms with E-state index in [2.05, 4.69) is 37.3 Å². The summed E-state index contributed by atoms with van der Waals surface area (Å²) in [5, 5.41) is 0. The summed E-state index contributed by atoms with van der Waals surface area (Å²) in [7, 11) is 1.54. The summed E-state index contributed by atoms with van der Waals surface area (Å²) in [6.07, 6.45) is 0. The first-order chi connectivity index (χ1) is 9.55. The molecule has 0 aliphatic heterocycles. The highest BCUT2D eigenvalue weighted by molar-refractivity contribution is 9.11. The Balaban J connectivity index is 2.54. The number of halogens is 3. The number of nitrogens with two attached hydrogens (primary N) is 1. The maximum absolute atomic E-state index is 13.5. The number of ether oxygens (including phenoxy) is 1. The first-order valence-corrected chi connectivity index (χ1v) is 7.39. The van der Waals surface area contributed by atoms with Gasteiger partial charge in [-0.05, 0) is 42.0 Å². The summed E-state index contributed by atoms with van der Waals surface area (Å²) in [5.41, 5.74) is 4.23. The molecule has 2 aromatic carbocycles. The van der Waals surface area contributed by atoms with Gasteiger partial charge in [0.2, 0.25) is 0 Å². The van der Waals surface area contributed by atoms with Gasteiger partial charge >= 0.3 is 0 Å². The van der Waals surface area contributed by atoms with Gasteiger partial charge in [0, 0.05) is 14.5 Å². The molecular formula is C14H13Br2FN2O. The molecule has 0 saturated heterocycles. The lowest BCUT2D eigenvalue weighted by Crippen LogP contribution is -2.29. The maximum Gasteiger partial charge on any atom is 0.124 e. The standard InChI is InChI=1S/C14H13Br2FN2O/c1-20-13-3-2-11(17)7-12(13)14(19-18)8-4-9(15)6-10(16)5-8/h2-7,14,19H,18H2,1H3. The second-order valence-corrected chi connectivity index (χ2v) is 6.02. The summed E-state index contributed by atoms with van der Waals surface area (Å²) < 4.78 is 20.6. The number of hydrogen-bond donors (Lipinski definition) is 2. The van der Waals surface area contributed by atoms with Gasteiger partial charge in [-0.1, -0.05) is 31.9 Å². The van der Waals surface area contributed by atoms with Crippen LogP contribution in [0.3, 0.4) is 0 Å². The molecule has 0 fully saturated rings. The van der Waals surface area contributed by atoms with Gasteiger partial charge in [-0.15, -0.1) is 0 Å². The smallest absolute Gasteiger partial charge is 0.124 e. The van der Waals surface area contributed by atoms with Gasteiger partial charge < -0.3 is 4.74 Å². The van der Waals surface area contributed by atoms with E-state index < -0.39 is 0 Å². The highest BCUT2D eigenvalue weighted by Gasteiger charge is 2.18. The molecule has 106 valence electrons. The molecule has 0 radical (unpaired) electrons. The van der Waals surface area contributed by atoms with Crippen LogP contribution in [0.2, 0.25) is 0 Å². The van der Waals surface area contributed by atoms with E-state index in [1.54, 1.807) is 13.2 Å². The number of hydrazine groups is 1. The zero-order chi connectivity index (χ0) is 14.7. The lowest BCUT2D eigenvalue weighted by atomic mass is 9.98. The SMILES string of the molecule is COc1ccc(F)cc1C(NN)c1cc(Br)cc(Br)c1. The Hall–Kier alpha value is -0.950. The van der Waals surface area contributed by atoms with E-state index in [1.807, 2.05) is 18.2 Å². The van der Waals surface area contributed by atoms with E-state index >= 15 is 0 Å². The highest BCUT2D eigenvalue weighted by atomic mass is 79.9. The molecule has 0 spiro atoms. The lowest BCUT2D eigenvalue weighted by molar-refractivity contribution is 0.402. The van der Waals surface area contributed by atoms with Gasteiger partial charge in [0.25, 0.3) is 0 Å². The Morgan fingerprint density at radius 2 is 1.80 bits per heavy atom. The van der Waals surface area contributed by atoms with Crippen LogP contribution in [0.4, 0.5) is 4.39 Å². The Morgan fingerprint density at radius 1 is 1.15 bits per heavy atom. The predicted molar refractivity (Wildman–Crippen MR) is 84.0 cm³/mol. The lowest BCUT2D eigenvalue weighted by Gasteiger charge is -2.20. The Bertz CT molecular complexity index is 602.